The lowest BCUT2D eigenvalue weighted by atomic mass is 10.0. The van der Waals surface area contributed by atoms with E-state index in [9.17, 15) is 14.7 Å². The molecular formula is C11H20N2O4. The highest BCUT2D eigenvalue weighted by atomic mass is 16.4. The Morgan fingerprint density at radius 1 is 1.47 bits per heavy atom. The number of hydrogen-bond acceptors (Lipinski definition) is 3. The molecule has 0 spiro atoms. The summed E-state index contributed by atoms with van der Waals surface area (Å²) in [6, 6.07) is -0.652. The van der Waals surface area contributed by atoms with E-state index in [1.807, 2.05) is 6.92 Å². The molecule has 6 nitrogen and oxygen atoms in total. The Morgan fingerprint density at radius 2 is 2.06 bits per heavy atom. The lowest BCUT2D eigenvalue weighted by Gasteiger charge is -2.29. The van der Waals surface area contributed by atoms with Gasteiger partial charge in [-0.15, -0.1) is 0 Å². The lowest BCUT2D eigenvalue weighted by Crippen LogP contribution is -2.55. The maximum Gasteiger partial charge on any atom is 0.328 e. The van der Waals surface area contributed by atoms with E-state index in [1.54, 1.807) is 0 Å². The molecule has 2 amide bonds. The third-order valence-electron chi connectivity index (χ3n) is 3.28. The summed E-state index contributed by atoms with van der Waals surface area (Å²) < 4.78 is 0. The van der Waals surface area contributed by atoms with E-state index >= 15 is 0 Å². The topological polar surface area (TPSA) is 89.9 Å². The van der Waals surface area contributed by atoms with Crippen LogP contribution >= 0.6 is 0 Å². The maximum atomic E-state index is 11.9. The van der Waals surface area contributed by atoms with Crippen LogP contribution in [0.5, 0.6) is 0 Å². The van der Waals surface area contributed by atoms with Gasteiger partial charge in [0.2, 0.25) is 0 Å². The molecule has 2 unspecified atom stereocenters. The number of carbonyl (C=O) groups is 2. The van der Waals surface area contributed by atoms with Crippen LogP contribution < -0.4 is 5.32 Å². The van der Waals surface area contributed by atoms with E-state index < -0.39 is 17.5 Å². The van der Waals surface area contributed by atoms with Gasteiger partial charge in [-0.3, -0.25) is 0 Å². The first kappa shape index (κ1) is 13.8. The van der Waals surface area contributed by atoms with Gasteiger partial charge in [0.15, 0.2) is 0 Å². The second-order valence-corrected chi connectivity index (χ2v) is 5.07. The molecule has 2 atom stereocenters. The average molecular weight is 244 g/mol. The zero-order chi connectivity index (χ0) is 13.2. The second-order valence-electron chi connectivity index (χ2n) is 5.07. The van der Waals surface area contributed by atoms with Crippen molar-refractivity contribution >= 4 is 12.0 Å². The molecule has 0 saturated carbocycles. The summed E-state index contributed by atoms with van der Waals surface area (Å²) in [5.41, 5.74) is -1.30. The highest BCUT2D eigenvalue weighted by molar-refractivity contribution is 5.85. The Bertz CT molecular complexity index is 317. The molecule has 1 fully saturated rings. The summed E-state index contributed by atoms with van der Waals surface area (Å²) in [6.45, 7) is 5.29. The summed E-state index contributed by atoms with van der Waals surface area (Å²) in [4.78, 5) is 24.3. The van der Waals surface area contributed by atoms with E-state index in [4.69, 9.17) is 5.11 Å². The number of likely N-dealkylation sites (tertiary alicyclic amines) is 1. The molecule has 0 aromatic heterocycles. The summed E-state index contributed by atoms with van der Waals surface area (Å²) in [7, 11) is 0. The average Bonchev–Trinajstić information content (AvgIpc) is 2.58. The largest absolute Gasteiger partial charge is 0.480 e. The van der Waals surface area contributed by atoms with Crippen LogP contribution in [-0.2, 0) is 4.79 Å². The maximum absolute atomic E-state index is 11.9. The number of urea groups is 1. The van der Waals surface area contributed by atoms with Crippen LogP contribution in [0.1, 0.15) is 27.2 Å². The monoisotopic (exact) mass is 244 g/mol. The molecule has 1 aliphatic heterocycles. The molecule has 0 aromatic rings. The Hall–Kier alpha value is -1.30. The second kappa shape index (κ2) is 4.91. The van der Waals surface area contributed by atoms with Crippen LogP contribution in [0, 0.1) is 5.92 Å². The molecule has 0 bridgehead atoms. The number of amides is 2. The van der Waals surface area contributed by atoms with Crippen molar-refractivity contribution in [2.75, 3.05) is 13.2 Å². The minimum absolute atomic E-state index is 0.0952. The zero-order valence-electron chi connectivity index (χ0n) is 10.4. The fourth-order valence-corrected chi connectivity index (χ4v) is 1.93. The first-order valence-electron chi connectivity index (χ1n) is 5.72. The van der Waals surface area contributed by atoms with Crippen LogP contribution in [0.25, 0.3) is 0 Å². The number of carboxylic acid groups (broad SMARTS) is 1. The Labute approximate surface area is 101 Å². The van der Waals surface area contributed by atoms with Crippen molar-refractivity contribution in [1.82, 2.24) is 10.2 Å². The highest BCUT2D eigenvalue weighted by Gasteiger charge is 2.37. The van der Waals surface area contributed by atoms with Gasteiger partial charge in [-0.2, -0.15) is 0 Å². The molecule has 17 heavy (non-hydrogen) atoms. The standard InChI is InChI=1S/C11H20N2O4/c1-7-4-5-13(8(7)6-14)10(17)12-11(2,3)9(15)16/h7-8,14H,4-6H2,1-3H3,(H,12,17)(H,15,16). The van der Waals surface area contributed by atoms with E-state index in [1.165, 1.54) is 18.7 Å². The van der Waals surface area contributed by atoms with Crippen molar-refractivity contribution in [3.8, 4) is 0 Å². The van der Waals surface area contributed by atoms with Crippen molar-refractivity contribution in [3.05, 3.63) is 0 Å². The fraction of sp³-hybridized carbons (Fsp3) is 0.818. The number of aliphatic carboxylic acids is 1. The van der Waals surface area contributed by atoms with E-state index in [0.29, 0.717) is 6.54 Å². The van der Waals surface area contributed by atoms with Crippen molar-refractivity contribution in [1.29, 1.82) is 0 Å². The Morgan fingerprint density at radius 3 is 2.53 bits per heavy atom. The number of nitrogens with one attached hydrogen (secondary N) is 1. The van der Waals surface area contributed by atoms with Gasteiger partial charge >= 0.3 is 12.0 Å². The van der Waals surface area contributed by atoms with Crippen molar-refractivity contribution in [2.45, 2.75) is 38.8 Å². The predicted molar refractivity (Wildman–Crippen MR) is 61.6 cm³/mol. The van der Waals surface area contributed by atoms with Crippen LogP contribution in [0.15, 0.2) is 0 Å². The van der Waals surface area contributed by atoms with Crippen molar-refractivity contribution in [3.63, 3.8) is 0 Å². The molecule has 0 radical (unpaired) electrons. The number of aliphatic hydroxyl groups is 1. The number of carbonyl (C=O) groups excluding carboxylic acids is 1. The zero-order valence-corrected chi connectivity index (χ0v) is 10.4. The Kier molecular flexibility index (Phi) is 3.98. The number of rotatable bonds is 3. The molecular weight excluding hydrogens is 224 g/mol. The first-order valence-corrected chi connectivity index (χ1v) is 5.72. The van der Waals surface area contributed by atoms with Gasteiger partial charge in [0.1, 0.15) is 5.54 Å². The molecule has 0 aromatic carbocycles. The molecule has 0 aliphatic carbocycles. The summed E-state index contributed by atoms with van der Waals surface area (Å²) >= 11 is 0. The molecule has 6 heteroatoms. The SMILES string of the molecule is CC1CCN(C(=O)NC(C)(C)C(=O)O)C1CO. The minimum atomic E-state index is -1.30. The fourth-order valence-electron chi connectivity index (χ4n) is 1.93. The van der Waals surface area contributed by atoms with Gasteiger partial charge in [0, 0.05) is 6.54 Å². The van der Waals surface area contributed by atoms with Gasteiger partial charge < -0.3 is 20.4 Å². The Balaban J connectivity index is 2.68. The van der Waals surface area contributed by atoms with Crippen LogP contribution in [0.4, 0.5) is 4.79 Å². The quantitative estimate of drug-likeness (QED) is 0.664. The molecule has 1 aliphatic rings. The number of carboxylic acids is 1. The summed E-state index contributed by atoms with van der Waals surface area (Å²) in [6.07, 6.45) is 0.826. The van der Waals surface area contributed by atoms with E-state index in [2.05, 4.69) is 5.32 Å². The normalized spacial score (nSPS) is 24.8. The molecule has 98 valence electrons. The van der Waals surface area contributed by atoms with Gasteiger partial charge in [0.25, 0.3) is 0 Å². The number of aliphatic hydroxyl groups excluding tert-OH is 1. The molecule has 1 rings (SSSR count). The molecule has 1 saturated heterocycles. The van der Waals surface area contributed by atoms with Gasteiger partial charge in [-0.25, -0.2) is 9.59 Å². The van der Waals surface area contributed by atoms with E-state index in [-0.39, 0.29) is 18.6 Å². The van der Waals surface area contributed by atoms with Crippen LogP contribution in [0.3, 0.4) is 0 Å². The number of hydrogen-bond donors (Lipinski definition) is 3. The van der Waals surface area contributed by atoms with Gasteiger partial charge in [-0.05, 0) is 26.2 Å². The molecule has 1 heterocycles. The summed E-state index contributed by atoms with van der Waals surface area (Å²) in [5, 5.41) is 20.6. The van der Waals surface area contributed by atoms with E-state index in [0.717, 1.165) is 6.42 Å². The molecule has 3 N–H and O–H groups in total. The third-order valence-corrected chi connectivity index (χ3v) is 3.28. The lowest BCUT2D eigenvalue weighted by molar-refractivity contribution is -0.143. The third kappa shape index (κ3) is 2.88. The van der Waals surface area contributed by atoms with Gasteiger partial charge in [0.05, 0.1) is 12.6 Å². The van der Waals surface area contributed by atoms with Crippen LogP contribution in [-0.4, -0.2) is 51.8 Å². The summed E-state index contributed by atoms with van der Waals surface area (Å²) in [5.74, 6) is -0.850. The first-order chi connectivity index (χ1) is 7.79. The van der Waals surface area contributed by atoms with Crippen molar-refractivity contribution in [2.24, 2.45) is 5.92 Å². The smallest absolute Gasteiger partial charge is 0.328 e. The van der Waals surface area contributed by atoms with Crippen molar-refractivity contribution < 1.29 is 19.8 Å². The minimum Gasteiger partial charge on any atom is -0.480 e. The van der Waals surface area contributed by atoms with Gasteiger partial charge in [-0.1, -0.05) is 6.92 Å². The number of nitrogens with zero attached hydrogens (tertiary/aromatic N) is 1. The predicted octanol–water partition coefficient (Wildman–Crippen LogP) is 0.262. The highest BCUT2D eigenvalue weighted by Crippen LogP contribution is 2.23. The van der Waals surface area contributed by atoms with Crippen LogP contribution in [0.2, 0.25) is 0 Å².